The van der Waals surface area contributed by atoms with Crippen LogP contribution in [0.25, 0.3) is 0 Å². The van der Waals surface area contributed by atoms with E-state index in [1.807, 2.05) is 0 Å². The Balaban J connectivity index is 2.30. The first kappa shape index (κ1) is 13.7. The first-order chi connectivity index (χ1) is 8.56. The zero-order valence-electron chi connectivity index (χ0n) is 10.5. The summed E-state index contributed by atoms with van der Waals surface area (Å²) in [6, 6.07) is 0. The van der Waals surface area contributed by atoms with Gasteiger partial charge in [0.15, 0.2) is 5.60 Å². The van der Waals surface area contributed by atoms with Gasteiger partial charge >= 0.3 is 0 Å². The van der Waals surface area contributed by atoms with Crippen LogP contribution in [0, 0.1) is 5.92 Å². The van der Waals surface area contributed by atoms with Gasteiger partial charge in [-0.05, 0) is 25.7 Å². The molecule has 5 atom stereocenters. The molecule has 0 aromatic rings. The zero-order valence-corrected chi connectivity index (χ0v) is 10.5. The van der Waals surface area contributed by atoms with E-state index in [9.17, 15) is 15.0 Å². The Hall–Kier alpha value is -0.690. The van der Waals surface area contributed by atoms with Crippen LogP contribution in [0.5, 0.6) is 0 Å². The van der Waals surface area contributed by atoms with Crippen molar-refractivity contribution in [3.8, 4) is 0 Å². The number of nitrogens with two attached hydrogens (primary N) is 1. The molecule has 2 aliphatic rings. The maximum Gasteiger partial charge on any atom is 0.252 e. The van der Waals surface area contributed by atoms with Gasteiger partial charge in [-0.15, -0.1) is 0 Å². The van der Waals surface area contributed by atoms with Gasteiger partial charge in [-0.25, -0.2) is 0 Å². The third kappa shape index (κ3) is 1.93. The smallest absolute Gasteiger partial charge is 0.252 e. The number of primary amides is 1. The molecule has 1 heterocycles. The lowest BCUT2D eigenvalue weighted by molar-refractivity contribution is -0.248. The van der Waals surface area contributed by atoms with Crippen LogP contribution in [0.4, 0.5) is 0 Å². The lowest BCUT2D eigenvalue weighted by atomic mass is 9.65. The van der Waals surface area contributed by atoms with Gasteiger partial charge in [0.2, 0.25) is 0 Å². The van der Waals surface area contributed by atoms with Crippen molar-refractivity contribution in [3.63, 3.8) is 0 Å². The number of rotatable bonds is 4. The molecule has 1 amide bonds. The Labute approximate surface area is 106 Å². The molecule has 18 heavy (non-hydrogen) atoms. The highest BCUT2D eigenvalue weighted by atomic mass is 16.6. The summed E-state index contributed by atoms with van der Waals surface area (Å²) in [4.78, 5) is 11.9. The highest BCUT2D eigenvalue weighted by Crippen LogP contribution is 2.45. The Kier molecular flexibility index (Phi) is 3.91. The summed E-state index contributed by atoms with van der Waals surface area (Å²) >= 11 is 0. The average molecular weight is 259 g/mol. The largest absolute Gasteiger partial charge is 0.394 e. The summed E-state index contributed by atoms with van der Waals surface area (Å²) in [6.45, 7) is -0.158. The number of carbonyl (C=O) groups is 1. The van der Waals surface area contributed by atoms with Crippen molar-refractivity contribution in [2.24, 2.45) is 11.7 Å². The molecular formula is C12H21NO5. The second kappa shape index (κ2) is 5.13. The van der Waals surface area contributed by atoms with Crippen molar-refractivity contribution in [2.45, 2.75) is 49.6 Å². The minimum Gasteiger partial charge on any atom is -0.394 e. The summed E-state index contributed by atoms with van der Waals surface area (Å²) in [6.07, 6.45) is 1.06. The number of ether oxygens (including phenoxy) is 2. The van der Waals surface area contributed by atoms with E-state index in [-0.39, 0.29) is 12.5 Å². The Morgan fingerprint density at radius 3 is 2.56 bits per heavy atom. The van der Waals surface area contributed by atoms with Gasteiger partial charge in [0, 0.05) is 13.0 Å². The van der Waals surface area contributed by atoms with Crippen molar-refractivity contribution in [2.75, 3.05) is 13.7 Å². The first-order valence-corrected chi connectivity index (χ1v) is 6.35. The first-order valence-electron chi connectivity index (χ1n) is 6.35. The number of amides is 1. The summed E-state index contributed by atoms with van der Waals surface area (Å²) in [5, 5.41) is 19.1. The Morgan fingerprint density at radius 1 is 1.44 bits per heavy atom. The molecule has 0 radical (unpaired) electrons. The monoisotopic (exact) mass is 259 g/mol. The highest BCUT2D eigenvalue weighted by molar-refractivity contribution is 5.85. The number of aliphatic hydroxyl groups is 2. The van der Waals surface area contributed by atoms with Crippen LogP contribution < -0.4 is 5.73 Å². The van der Waals surface area contributed by atoms with Gasteiger partial charge in [0.25, 0.3) is 5.91 Å². The molecule has 1 aliphatic heterocycles. The van der Waals surface area contributed by atoms with Crippen LogP contribution >= 0.6 is 0 Å². The van der Waals surface area contributed by atoms with Gasteiger partial charge in [0.1, 0.15) is 0 Å². The van der Waals surface area contributed by atoms with E-state index in [4.69, 9.17) is 15.2 Å². The lowest BCUT2D eigenvalue weighted by Gasteiger charge is -2.52. The summed E-state index contributed by atoms with van der Waals surface area (Å²) < 4.78 is 11.1. The van der Waals surface area contributed by atoms with Crippen molar-refractivity contribution in [1.29, 1.82) is 0 Å². The second-order valence-electron chi connectivity index (χ2n) is 5.13. The van der Waals surface area contributed by atoms with Crippen LogP contribution in [0.15, 0.2) is 0 Å². The van der Waals surface area contributed by atoms with Crippen molar-refractivity contribution in [3.05, 3.63) is 0 Å². The van der Waals surface area contributed by atoms with Crippen LogP contribution in [-0.2, 0) is 14.3 Å². The molecule has 1 saturated carbocycles. The van der Waals surface area contributed by atoms with E-state index in [1.165, 1.54) is 7.11 Å². The quantitative estimate of drug-likeness (QED) is 0.611. The van der Waals surface area contributed by atoms with E-state index in [0.29, 0.717) is 25.7 Å². The molecule has 6 nitrogen and oxygen atoms in total. The molecular weight excluding hydrogens is 238 g/mol. The Morgan fingerprint density at radius 2 is 2.17 bits per heavy atom. The molecule has 0 aromatic carbocycles. The highest BCUT2D eigenvalue weighted by Gasteiger charge is 2.59. The SMILES string of the molecule is COC1CCC(CO)OC1(C(N)=O)C1CCC1O. The molecule has 0 aromatic heterocycles. The van der Waals surface area contributed by atoms with Gasteiger partial charge in [-0.1, -0.05) is 0 Å². The molecule has 1 saturated heterocycles. The average Bonchev–Trinajstić information content (AvgIpc) is 2.36. The molecule has 0 bridgehead atoms. The van der Waals surface area contributed by atoms with Crippen LogP contribution in [0.1, 0.15) is 25.7 Å². The summed E-state index contributed by atoms with van der Waals surface area (Å²) in [5.41, 5.74) is 4.21. The van der Waals surface area contributed by atoms with Gasteiger partial charge in [-0.3, -0.25) is 4.79 Å². The van der Waals surface area contributed by atoms with Gasteiger partial charge in [-0.2, -0.15) is 0 Å². The maximum atomic E-state index is 11.9. The molecule has 0 spiro atoms. The zero-order chi connectivity index (χ0) is 13.3. The third-order valence-corrected chi connectivity index (χ3v) is 4.25. The number of hydrogen-bond donors (Lipinski definition) is 3. The second-order valence-corrected chi connectivity index (χ2v) is 5.13. The Bertz CT molecular complexity index is 318. The van der Waals surface area contributed by atoms with E-state index in [0.717, 1.165) is 0 Å². The molecule has 2 fully saturated rings. The number of aliphatic hydroxyl groups excluding tert-OH is 2. The minimum atomic E-state index is -1.31. The standard InChI is InChI=1S/C12H21NO5/c1-17-10-5-2-7(6-14)18-12(10,11(13)16)8-3-4-9(8)15/h7-10,14-15H,2-6H2,1H3,(H2,13,16). The fourth-order valence-electron chi connectivity index (χ4n) is 3.09. The molecule has 5 unspecified atom stereocenters. The van der Waals surface area contributed by atoms with Gasteiger partial charge in [0.05, 0.1) is 24.9 Å². The lowest BCUT2D eigenvalue weighted by Crippen LogP contribution is -2.68. The summed E-state index contributed by atoms with van der Waals surface area (Å²) in [7, 11) is 1.51. The minimum absolute atomic E-state index is 0.158. The predicted molar refractivity (Wildman–Crippen MR) is 62.6 cm³/mol. The molecule has 104 valence electrons. The molecule has 6 heteroatoms. The topological polar surface area (TPSA) is 102 Å². The number of methoxy groups -OCH3 is 1. The van der Waals surface area contributed by atoms with Crippen molar-refractivity contribution < 1.29 is 24.5 Å². The number of carbonyl (C=O) groups excluding carboxylic acids is 1. The van der Waals surface area contributed by atoms with Gasteiger partial charge < -0.3 is 25.4 Å². The summed E-state index contributed by atoms with van der Waals surface area (Å²) in [5.74, 6) is -0.953. The number of hydrogen-bond acceptors (Lipinski definition) is 5. The van der Waals surface area contributed by atoms with E-state index in [1.54, 1.807) is 0 Å². The van der Waals surface area contributed by atoms with E-state index >= 15 is 0 Å². The van der Waals surface area contributed by atoms with Crippen molar-refractivity contribution in [1.82, 2.24) is 0 Å². The third-order valence-electron chi connectivity index (χ3n) is 4.25. The maximum absolute atomic E-state index is 11.9. The predicted octanol–water partition coefficient (Wildman–Crippen LogP) is -0.832. The van der Waals surface area contributed by atoms with Crippen LogP contribution in [0.3, 0.4) is 0 Å². The van der Waals surface area contributed by atoms with Crippen molar-refractivity contribution >= 4 is 5.91 Å². The fraction of sp³-hybridized carbons (Fsp3) is 0.917. The van der Waals surface area contributed by atoms with E-state index in [2.05, 4.69) is 0 Å². The van der Waals surface area contributed by atoms with Crippen LogP contribution in [-0.4, -0.2) is 53.7 Å². The normalized spacial score (nSPS) is 44.4. The van der Waals surface area contributed by atoms with E-state index < -0.39 is 29.8 Å². The molecule has 2 rings (SSSR count). The van der Waals surface area contributed by atoms with Crippen LogP contribution in [0.2, 0.25) is 0 Å². The fourth-order valence-corrected chi connectivity index (χ4v) is 3.09. The molecule has 1 aliphatic carbocycles. The molecule has 4 N–H and O–H groups in total.